The molecule has 11 aromatic carbocycles. The minimum Gasteiger partial charge on any atom is -0.264 e. The Labute approximate surface area is 495 Å². The van der Waals surface area contributed by atoms with Crippen LogP contribution in [0.4, 0.5) is 0 Å². The summed E-state index contributed by atoms with van der Waals surface area (Å²) in [6.07, 6.45) is 7.51. The molecule has 0 amide bonds. The van der Waals surface area contributed by atoms with Gasteiger partial charge in [0.1, 0.15) is 0 Å². The average molecular weight is 1090 g/mol. The van der Waals surface area contributed by atoms with E-state index in [1.807, 2.05) is 30.7 Å². The molecule has 398 valence electrons. The highest BCUT2D eigenvalue weighted by atomic mass is 14.7. The Kier molecular flexibility index (Phi) is 11.5. The minimum atomic E-state index is 0.851. The van der Waals surface area contributed by atoms with Crippen LogP contribution in [-0.4, -0.2) is 29.9 Å². The summed E-state index contributed by atoms with van der Waals surface area (Å²) in [5.74, 6) is 0. The summed E-state index contributed by atoms with van der Waals surface area (Å²) < 4.78 is 0. The molecule has 6 nitrogen and oxygen atoms in total. The molecule has 0 saturated carbocycles. The minimum absolute atomic E-state index is 0.851. The third-order valence-corrected chi connectivity index (χ3v) is 17.1. The van der Waals surface area contributed by atoms with E-state index in [1.165, 1.54) is 43.4 Å². The van der Waals surface area contributed by atoms with Gasteiger partial charge in [-0.3, -0.25) is 9.97 Å². The number of nitrogens with zero attached hydrogens (tertiary/aromatic N) is 6. The van der Waals surface area contributed by atoms with Crippen molar-refractivity contribution in [3.63, 3.8) is 0 Å². The van der Waals surface area contributed by atoms with Crippen LogP contribution in [-0.2, 0) is 0 Å². The molecule has 0 bridgehead atoms. The molecule has 17 aromatic rings. The second kappa shape index (κ2) is 20.1. The van der Waals surface area contributed by atoms with Crippen molar-refractivity contribution >= 4 is 86.7 Å². The van der Waals surface area contributed by atoms with Crippen LogP contribution in [0, 0.1) is 0 Å². The number of rotatable bonds is 8. The zero-order valence-electron chi connectivity index (χ0n) is 46.4. The van der Waals surface area contributed by atoms with Gasteiger partial charge in [0, 0.05) is 74.1 Å². The average Bonchev–Trinajstić information content (AvgIpc) is 2.58. The van der Waals surface area contributed by atoms with Crippen molar-refractivity contribution in [3.8, 4) is 89.5 Å². The van der Waals surface area contributed by atoms with Gasteiger partial charge in [-0.25, -0.2) is 19.9 Å². The molecule has 0 atom stereocenters. The van der Waals surface area contributed by atoms with Crippen molar-refractivity contribution in [2.24, 2.45) is 0 Å². The molecular weight excluding hydrogens is 1040 g/mol. The first-order valence-electron chi connectivity index (χ1n) is 29.0. The lowest BCUT2D eigenvalue weighted by molar-refractivity contribution is 1.30. The van der Waals surface area contributed by atoms with Crippen LogP contribution >= 0.6 is 0 Å². The molecule has 0 fully saturated rings. The molecule has 0 N–H and O–H groups in total. The third kappa shape index (κ3) is 8.75. The van der Waals surface area contributed by atoms with Crippen LogP contribution in [0.2, 0.25) is 0 Å². The fourth-order valence-corrected chi connectivity index (χ4v) is 12.6. The van der Waals surface area contributed by atoms with Crippen molar-refractivity contribution in [3.05, 3.63) is 292 Å². The molecule has 0 radical (unpaired) electrons. The van der Waals surface area contributed by atoms with E-state index >= 15 is 0 Å². The van der Waals surface area contributed by atoms with Crippen LogP contribution in [0.3, 0.4) is 0 Å². The lowest BCUT2D eigenvalue weighted by Crippen LogP contribution is -1.92. The monoisotopic (exact) mass is 1090 g/mol. The van der Waals surface area contributed by atoms with E-state index < -0.39 is 0 Å². The number of benzene rings is 11. The Morgan fingerprint density at radius 3 is 1.21 bits per heavy atom. The van der Waals surface area contributed by atoms with E-state index in [0.717, 1.165) is 133 Å². The normalized spacial score (nSPS) is 11.7. The Hall–Kier alpha value is -11.6. The Morgan fingerprint density at radius 2 is 0.616 bits per heavy atom. The standard InChI is InChI=1S/C80H48N6/c1-3-9-68-50(6-1)13-14-52-15-23-58(40-70(52)68)49-11-17-53(18-12-49)72-33-29-54-19-24-59(42-76(54)83-72)61-26-21-56-31-35-74(85-78(56)44-61)67-39-66(47-82-48-67)65-38-63-28-16-51-7-2-4-10-69(51)80(63)71(41-65)75-36-32-57-22-27-62(45-79(57)86-75)60-25-20-55-30-34-73(84-77(55)43-60)64-8-5-37-81-46-64/h1-48H. The van der Waals surface area contributed by atoms with Gasteiger partial charge in [-0.15, -0.1) is 0 Å². The number of pyridine rings is 6. The van der Waals surface area contributed by atoms with Gasteiger partial charge in [-0.05, 0) is 167 Å². The highest BCUT2D eigenvalue weighted by molar-refractivity contribution is 6.16. The van der Waals surface area contributed by atoms with Crippen LogP contribution in [0.5, 0.6) is 0 Å². The highest BCUT2D eigenvalue weighted by Gasteiger charge is 2.17. The Bertz CT molecular complexity index is 5600. The van der Waals surface area contributed by atoms with E-state index in [2.05, 4.69) is 260 Å². The molecule has 0 saturated heterocycles. The van der Waals surface area contributed by atoms with Crippen molar-refractivity contribution in [1.82, 2.24) is 29.9 Å². The van der Waals surface area contributed by atoms with Gasteiger partial charge in [-0.2, -0.15) is 0 Å². The lowest BCUT2D eigenvalue weighted by atomic mass is 9.91. The molecule has 0 unspecified atom stereocenters. The first kappa shape index (κ1) is 49.0. The summed E-state index contributed by atoms with van der Waals surface area (Å²) in [4.78, 5) is 30.2. The highest BCUT2D eigenvalue weighted by Crippen LogP contribution is 2.40. The quantitative estimate of drug-likeness (QED) is 0.141. The number of hydrogen-bond acceptors (Lipinski definition) is 6. The number of fused-ring (bicyclic) bond motifs is 10. The maximum Gasteiger partial charge on any atom is 0.0725 e. The van der Waals surface area contributed by atoms with Crippen molar-refractivity contribution in [1.29, 1.82) is 0 Å². The molecule has 0 aliphatic rings. The molecule has 0 aliphatic carbocycles. The molecule has 6 heterocycles. The Balaban J connectivity index is 0.683. The Morgan fingerprint density at radius 1 is 0.198 bits per heavy atom. The summed E-state index contributed by atoms with van der Waals surface area (Å²) in [6, 6.07) is 95.5. The lowest BCUT2D eigenvalue weighted by Gasteiger charge is -2.14. The van der Waals surface area contributed by atoms with E-state index in [9.17, 15) is 0 Å². The molecular formula is C80H48N6. The topological polar surface area (TPSA) is 77.3 Å². The van der Waals surface area contributed by atoms with Crippen LogP contribution in [0.1, 0.15) is 0 Å². The summed E-state index contributed by atoms with van der Waals surface area (Å²) >= 11 is 0. The van der Waals surface area contributed by atoms with Crippen LogP contribution in [0.25, 0.3) is 176 Å². The SMILES string of the molecule is c1cncc(-c2ccc3ccc(-c4ccc5ccc(-c6cc(-c7cncc(-c8ccc9ccc(-c%10ccc%11ccc(-c%12ccc(-c%13ccc%14ccc%15ccccc%15c%14c%13)cc%12)nc%11c%10)cc9n8)c7)cc7ccc8ccccc8c67)nc5c4)cc3n2)c1. The second-order valence-electron chi connectivity index (χ2n) is 22.3. The first-order valence-corrected chi connectivity index (χ1v) is 29.0. The fourth-order valence-electron chi connectivity index (χ4n) is 12.6. The van der Waals surface area contributed by atoms with E-state index in [1.54, 1.807) is 6.20 Å². The molecule has 0 spiro atoms. The van der Waals surface area contributed by atoms with E-state index in [-0.39, 0.29) is 0 Å². The van der Waals surface area contributed by atoms with E-state index in [4.69, 9.17) is 24.9 Å². The van der Waals surface area contributed by atoms with Gasteiger partial charge in [0.2, 0.25) is 0 Å². The van der Waals surface area contributed by atoms with Crippen LogP contribution in [0.15, 0.2) is 292 Å². The van der Waals surface area contributed by atoms with E-state index in [0.29, 0.717) is 0 Å². The third-order valence-electron chi connectivity index (χ3n) is 17.1. The van der Waals surface area contributed by atoms with Crippen molar-refractivity contribution in [2.45, 2.75) is 0 Å². The molecule has 0 aliphatic heterocycles. The van der Waals surface area contributed by atoms with Gasteiger partial charge in [0.15, 0.2) is 0 Å². The zero-order chi connectivity index (χ0) is 56.7. The largest absolute Gasteiger partial charge is 0.264 e. The second-order valence-corrected chi connectivity index (χ2v) is 22.3. The molecule has 6 heteroatoms. The predicted molar refractivity (Wildman–Crippen MR) is 357 cm³/mol. The summed E-state index contributed by atoms with van der Waals surface area (Å²) in [6.45, 7) is 0. The van der Waals surface area contributed by atoms with Gasteiger partial charge in [0.05, 0.1) is 44.8 Å². The van der Waals surface area contributed by atoms with Crippen molar-refractivity contribution < 1.29 is 0 Å². The molecule has 17 rings (SSSR count). The van der Waals surface area contributed by atoms with Crippen molar-refractivity contribution in [2.75, 3.05) is 0 Å². The summed E-state index contributed by atoms with van der Waals surface area (Å²) in [5.41, 5.74) is 20.1. The number of aromatic nitrogens is 6. The molecule has 6 aromatic heterocycles. The maximum atomic E-state index is 5.47. The fraction of sp³-hybridized carbons (Fsp3) is 0. The van der Waals surface area contributed by atoms with Gasteiger partial charge >= 0.3 is 0 Å². The van der Waals surface area contributed by atoms with Gasteiger partial charge in [-0.1, -0.05) is 182 Å². The summed E-state index contributed by atoms with van der Waals surface area (Å²) in [7, 11) is 0. The maximum absolute atomic E-state index is 5.47. The van der Waals surface area contributed by atoms with Gasteiger partial charge < -0.3 is 0 Å². The van der Waals surface area contributed by atoms with Gasteiger partial charge in [0.25, 0.3) is 0 Å². The number of hydrogen-bond donors (Lipinski definition) is 0. The van der Waals surface area contributed by atoms with Crippen LogP contribution < -0.4 is 0 Å². The zero-order valence-corrected chi connectivity index (χ0v) is 46.4. The summed E-state index contributed by atoms with van der Waals surface area (Å²) in [5, 5.41) is 14.0. The molecule has 86 heavy (non-hydrogen) atoms. The predicted octanol–water partition coefficient (Wildman–Crippen LogP) is 20.6. The smallest absolute Gasteiger partial charge is 0.0725 e. The first-order chi connectivity index (χ1) is 42.5.